The lowest BCUT2D eigenvalue weighted by atomic mass is 9.98. The summed E-state index contributed by atoms with van der Waals surface area (Å²) in [5, 5.41) is 1.57. The fraction of sp³-hybridized carbons (Fsp3) is 0.556. The fourth-order valence-corrected chi connectivity index (χ4v) is 3.49. The number of H-pyrrole nitrogens is 1. The van der Waals surface area contributed by atoms with E-state index in [1.54, 1.807) is 16.5 Å². The first-order valence-electron chi connectivity index (χ1n) is 8.01. The number of aromatic nitrogens is 1. The molecule has 0 saturated heterocycles. The van der Waals surface area contributed by atoms with Crippen LogP contribution < -0.4 is 0 Å². The molecule has 0 unspecified atom stereocenters. The Hall–Kier alpha value is -1.24. The van der Waals surface area contributed by atoms with Crippen molar-refractivity contribution in [2.24, 2.45) is 0 Å². The second kappa shape index (κ2) is 5.81. The molecule has 1 nitrogen and oxygen atoms in total. The van der Waals surface area contributed by atoms with Crippen LogP contribution in [0.25, 0.3) is 10.9 Å². The van der Waals surface area contributed by atoms with Crippen molar-refractivity contribution in [2.45, 2.75) is 64.7 Å². The van der Waals surface area contributed by atoms with Crippen molar-refractivity contribution < 1.29 is 0 Å². The fourth-order valence-electron chi connectivity index (χ4n) is 3.49. The molecule has 0 radical (unpaired) electrons. The highest BCUT2D eigenvalue weighted by Crippen LogP contribution is 2.31. The molecule has 3 rings (SSSR count). The maximum atomic E-state index is 3.69. The molecule has 19 heavy (non-hydrogen) atoms. The second-order valence-corrected chi connectivity index (χ2v) is 5.94. The first-order valence-corrected chi connectivity index (χ1v) is 8.01. The summed E-state index contributed by atoms with van der Waals surface area (Å²) in [5.74, 6) is 0. The molecule has 0 saturated carbocycles. The number of rotatable bonds is 4. The summed E-state index contributed by atoms with van der Waals surface area (Å²) in [7, 11) is 0. The van der Waals surface area contributed by atoms with E-state index < -0.39 is 0 Å². The lowest BCUT2D eigenvalue weighted by Crippen LogP contribution is -1.91. The molecule has 1 N–H and O–H groups in total. The SMILES string of the molecule is CCCCCc1cccc2[nH]c3c(c12)CCCCC3. The molecule has 102 valence electrons. The van der Waals surface area contributed by atoms with Crippen LogP contribution in [0.3, 0.4) is 0 Å². The van der Waals surface area contributed by atoms with Gasteiger partial charge < -0.3 is 4.98 Å². The lowest BCUT2D eigenvalue weighted by molar-refractivity contribution is 0.707. The quantitative estimate of drug-likeness (QED) is 0.573. The Bertz CT molecular complexity index is 550. The highest BCUT2D eigenvalue weighted by Gasteiger charge is 2.16. The number of aromatic amines is 1. The number of fused-ring (bicyclic) bond motifs is 3. The first kappa shape index (κ1) is 12.8. The van der Waals surface area contributed by atoms with E-state index in [9.17, 15) is 0 Å². The maximum absolute atomic E-state index is 3.69. The van der Waals surface area contributed by atoms with E-state index in [1.165, 1.54) is 69.0 Å². The topological polar surface area (TPSA) is 15.8 Å². The normalized spacial score (nSPS) is 15.4. The third kappa shape index (κ3) is 2.56. The van der Waals surface area contributed by atoms with Gasteiger partial charge in [0.05, 0.1) is 0 Å². The van der Waals surface area contributed by atoms with E-state index in [4.69, 9.17) is 0 Å². The van der Waals surface area contributed by atoms with E-state index in [0.717, 1.165) is 0 Å². The minimum atomic E-state index is 1.25. The van der Waals surface area contributed by atoms with Crippen molar-refractivity contribution in [3.63, 3.8) is 0 Å². The second-order valence-electron chi connectivity index (χ2n) is 5.94. The van der Waals surface area contributed by atoms with Crippen LogP contribution >= 0.6 is 0 Å². The molecule has 0 amide bonds. The molecule has 0 bridgehead atoms. The van der Waals surface area contributed by atoms with Crippen LogP contribution in [-0.4, -0.2) is 4.98 Å². The zero-order valence-corrected chi connectivity index (χ0v) is 12.1. The van der Waals surface area contributed by atoms with Crippen molar-refractivity contribution in [3.05, 3.63) is 35.0 Å². The average molecular weight is 255 g/mol. The molecule has 2 aromatic rings. The zero-order chi connectivity index (χ0) is 13.1. The van der Waals surface area contributed by atoms with Crippen LogP contribution in [0.4, 0.5) is 0 Å². The molecule has 1 heteroatoms. The molecule has 1 heterocycles. The van der Waals surface area contributed by atoms with Crippen LogP contribution in [0.5, 0.6) is 0 Å². The summed E-state index contributed by atoms with van der Waals surface area (Å²) in [6.45, 7) is 2.28. The minimum Gasteiger partial charge on any atom is -0.358 e. The van der Waals surface area contributed by atoms with Gasteiger partial charge in [-0.15, -0.1) is 0 Å². The predicted molar refractivity (Wildman–Crippen MR) is 82.8 cm³/mol. The molecule has 1 aliphatic carbocycles. The predicted octanol–water partition coefficient (Wildman–Crippen LogP) is 5.17. The van der Waals surface area contributed by atoms with E-state index in [2.05, 4.69) is 30.1 Å². The van der Waals surface area contributed by atoms with Crippen LogP contribution in [0.15, 0.2) is 18.2 Å². The summed E-state index contributed by atoms with van der Waals surface area (Å²) in [6, 6.07) is 6.82. The van der Waals surface area contributed by atoms with E-state index in [0.29, 0.717) is 0 Å². The molecule has 1 aromatic heterocycles. The van der Waals surface area contributed by atoms with Gasteiger partial charge in [0.15, 0.2) is 0 Å². The van der Waals surface area contributed by atoms with Crippen LogP contribution in [0.2, 0.25) is 0 Å². The first-order chi connectivity index (χ1) is 9.40. The van der Waals surface area contributed by atoms with Gasteiger partial charge in [-0.1, -0.05) is 38.3 Å². The standard InChI is InChI=1S/C18H25N/c1-2-3-5-9-14-10-8-13-17-18(14)15-11-6-4-7-12-16(15)19-17/h8,10,13,19H,2-7,9,11-12H2,1H3. The molecular weight excluding hydrogens is 230 g/mol. The van der Waals surface area contributed by atoms with Crippen LogP contribution in [0.1, 0.15) is 62.3 Å². The summed E-state index contributed by atoms with van der Waals surface area (Å²) in [6.07, 6.45) is 11.9. The van der Waals surface area contributed by atoms with Crippen LogP contribution in [0, 0.1) is 0 Å². The Morgan fingerprint density at radius 1 is 1.05 bits per heavy atom. The van der Waals surface area contributed by atoms with Gasteiger partial charge in [-0.05, 0) is 55.7 Å². The summed E-state index contributed by atoms with van der Waals surface area (Å²) in [5.41, 5.74) is 6.11. The third-order valence-corrected chi connectivity index (χ3v) is 4.51. The molecule has 0 spiro atoms. The van der Waals surface area contributed by atoms with Gasteiger partial charge in [0.25, 0.3) is 0 Å². The molecule has 0 fully saturated rings. The monoisotopic (exact) mass is 255 g/mol. The van der Waals surface area contributed by atoms with Gasteiger partial charge in [0, 0.05) is 16.6 Å². The molecular formula is C18H25N. The van der Waals surface area contributed by atoms with E-state index in [1.807, 2.05) is 0 Å². The third-order valence-electron chi connectivity index (χ3n) is 4.51. The van der Waals surface area contributed by atoms with Gasteiger partial charge in [-0.2, -0.15) is 0 Å². The Balaban J connectivity index is 1.99. The van der Waals surface area contributed by atoms with Gasteiger partial charge in [-0.3, -0.25) is 0 Å². The summed E-state index contributed by atoms with van der Waals surface area (Å²) >= 11 is 0. The Labute approximate surface area is 116 Å². The van der Waals surface area contributed by atoms with Gasteiger partial charge >= 0.3 is 0 Å². The average Bonchev–Trinajstić information content (AvgIpc) is 2.63. The smallest absolute Gasteiger partial charge is 0.0461 e. The number of unbranched alkanes of at least 4 members (excludes halogenated alkanes) is 2. The Morgan fingerprint density at radius 3 is 2.84 bits per heavy atom. The van der Waals surface area contributed by atoms with Gasteiger partial charge in [0.1, 0.15) is 0 Å². The summed E-state index contributed by atoms with van der Waals surface area (Å²) in [4.78, 5) is 3.69. The minimum absolute atomic E-state index is 1.25. The van der Waals surface area contributed by atoms with Crippen molar-refractivity contribution in [2.75, 3.05) is 0 Å². The van der Waals surface area contributed by atoms with E-state index >= 15 is 0 Å². The summed E-state index contributed by atoms with van der Waals surface area (Å²) < 4.78 is 0. The maximum Gasteiger partial charge on any atom is 0.0461 e. The molecule has 1 aliphatic rings. The zero-order valence-electron chi connectivity index (χ0n) is 12.1. The molecule has 0 atom stereocenters. The molecule has 1 aromatic carbocycles. The Kier molecular flexibility index (Phi) is 3.91. The largest absolute Gasteiger partial charge is 0.358 e. The number of hydrogen-bond acceptors (Lipinski definition) is 0. The number of nitrogens with one attached hydrogen (secondary N) is 1. The number of benzene rings is 1. The lowest BCUT2D eigenvalue weighted by Gasteiger charge is -2.06. The van der Waals surface area contributed by atoms with Crippen molar-refractivity contribution in [3.8, 4) is 0 Å². The van der Waals surface area contributed by atoms with Crippen molar-refractivity contribution >= 4 is 10.9 Å². The Morgan fingerprint density at radius 2 is 1.95 bits per heavy atom. The van der Waals surface area contributed by atoms with Crippen LogP contribution in [-0.2, 0) is 19.3 Å². The highest BCUT2D eigenvalue weighted by molar-refractivity contribution is 5.88. The molecule has 0 aliphatic heterocycles. The van der Waals surface area contributed by atoms with Crippen molar-refractivity contribution in [1.29, 1.82) is 0 Å². The van der Waals surface area contributed by atoms with Gasteiger partial charge in [0.2, 0.25) is 0 Å². The number of hydrogen-bond donors (Lipinski definition) is 1. The van der Waals surface area contributed by atoms with Gasteiger partial charge in [-0.25, -0.2) is 0 Å². The highest BCUT2D eigenvalue weighted by atomic mass is 14.7. The number of aryl methyl sites for hydroxylation is 3. The van der Waals surface area contributed by atoms with E-state index in [-0.39, 0.29) is 0 Å². The van der Waals surface area contributed by atoms with Crippen molar-refractivity contribution in [1.82, 2.24) is 4.98 Å².